The van der Waals surface area contributed by atoms with Crippen LogP contribution in [0.3, 0.4) is 0 Å². The molecular formula is C13H17F2NO. The molecule has 0 spiro atoms. The summed E-state index contributed by atoms with van der Waals surface area (Å²) in [5.41, 5.74) is 5.50. The summed E-state index contributed by atoms with van der Waals surface area (Å²) in [5.74, 6) is -2.16. The quantitative estimate of drug-likeness (QED) is 0.805. The van der Waals surface area contributed by atoms with Crippen LogP contribution in [0.15, 0.2) is 12.1 Å². The Morgan fingerprint density at radius 3 is 2.65 bits per heavy atom. The zero-order valence-electron chi connectivity index (χ0n) is 10.1. The second-order valence-electron chi connectivity index (χ2n) is 4.23. The number of Topliss-reactive ketones (excluding diaryl/α,β-unsaturated/α-hetero) is 1. The van der Waals surface area contributed by atoms with Gasteiger partial charge in [-0.15, -0.1) is 0 Å². The minimum Gasteiger partial charge on any atom is -0.327 e. The molecular weight excluding hydrogens is 224 g/mol. The van der Waals surface area contributed by atoms with Gasteiger partial charge in [0.2, 0.25) is 0 Å². The van der Waals surface area contributed by atoms with Crippen LogP contribution in [0.5, 0.6) is 0 Å². The lowest BCUT2D eigenvalue weighted by Gasteiger charge is -2.11. The number of ketones is 1. The average Bonchev–Trinajstić information content (AvgIpc) is 2.24. The molecule has 0 radical (unpaired) electrons. The molecule has 0 fully saturated rings. The smallest absolute Gasteiger partial charge is 0.170 e. The number of nitrogens with two attached hydrogens (primary N) is 1. The molecule has 1 aromatic carbocycles. The fourth-order valence-electron chi connectivity index (χ4n) is 1.73. The van der Waals surface area contributed by atoms with Crippen LogP contribution in [0.1, 0.15) is 42.1 Å². The van der Waals surface area contributed by atoms with Crippen LogP contribution in [0.25, 0.3) is 0 Å². The molecule has 0 bridgehead atoms. The molecule has 1 rings (SSSR count). The predicted molar refractivity (Wildman–Crippen MR) is 62.9 cm³/mol. The van der Waals surface area contributed by atoms with E-state index in [-0.39, 0.29) is 18.0 Å². The largest absolute Gasteiger partial charge is 0.327 e. The molecule has 0 amide bonds. The molecule has 0 saturated carbocycles. The van der Waals surface area contributed by atoms with Gasteiger partial charge in [-0.05, 0) is 25.0 Å². The third-order valence-electron chi connectivity index (χ3n) is 2.67. The molecule has 2 N–H and O–H groups in total. The van der Waals surface area contributed by atoms with Gasteiger partial charge >= 0.3 is 0 Å². The van der Waals surface area contributed by atoms with E-state index in [1.807, 2.05) is 6.92 Å². The summed E-state index contributed by atoms with van der Waals surface area (Å²) < 4.78 is 27.1. The molecule has 1 atom stereocenters. The molecule has 0 aliphatic heterocycles. The molecule has 17 heavy (non-hydrogen) atoms. The maximum absolute atomic E-state index is 13.6. The number of benzene rings is 1. The Balaban J connectivity index is 2.93. The lowest BCUT2D eigenvalue weighted by Crippen LogP contribution is -2.24. The minimum absolute atomic E-state index is 0.0227. The van der Waals surface area contributed by atoms with E-state index in [0.29, 0.717) is 6.42 Å². The van der Waals surface area contributed by atoms with Crippen LogP contribution < -0.4 is 5.73 Å². The van der Waals surface area contributed by atoms with Gasteiger partial charge in [-0.1, -0.05) is 19.4 Å². The fraction of sp³-hybridized carbons (Fsp3) is 0.462. The molecule has 0 heterocycles. The monoisotopic (exact) mass is 241 g/mol. The number of carbonyl (C=O) groups excluding carboxylic acids is 1. The first-order valence-corrected chi connectivity index (χ1v) is 5.70. The zero-order valence-corrected chi connectivity index (χ0v) is 10.1. The van der Waals surface area contributed by atoms with Crippen molar-refractivity contribution in [3.63, 3.8) is 0 Å². The fourth-order valence-corrected chi connectivity index (χ4v) is 1.73. The van der Waals surface area contributed by atoms with E-state index in [0.717, 1.165) is 12.5 Å². The first-order chi connectivity index (χ1) is 7.97. The SMILES string of the molecule is CCCC(N)CC(=O)c1c(F)ccc(C)c1F. The first-order valence-electron chi connectivity index (χ1n) is 5.70. The Morgan fingerprint density at radius 1 is 1.41 bits per heavy atom. The Morgan fingerprint density at radius 2 is 2.06 bits per heavy atom. The lowest BCUT2D eigenvalue weighted by molar-refractivity contribution is 0.0965. The van der Waals surface area contributed by atoms with Gasteiger partial charge in [0, 0.05) is 12.5 Å². The van der Waals surface area contributed by atoms with Crippen LogP contribution in [0.4, 0.5) is 8.78 Å². The lowest BCUT2D eigenvalue weighted by atomic mass is 9.99. The van der Waals surface area contributed by atoms with Crippen LogP contribution in [-0.2, 0) is 0 Å². The van der Waals surface area contributed by atoms with E-state index in [4.69, 9.17) is 5.73 Å². The van der Waals surface area contributed by atoms with E-state index in [1.54, 1.807) is 0 Å². The predicted octanol–water partition coefficient (Wildman–Crippen LogP) is 2.97. The number of hydrogen-bond acceptors (Lipinski definition) is 2. The second-order valence-corrected chi connectivity index (χ2v) is 4.23. The Labute approximate surface area is 99.8 Å². The topological polar surface area (TPSA) is 43.1 Å². The normalized spacial score (nSPS) is 12.5. The van der Waals surface area contributed by atoms with Crippen LogP contribution in [-0.4, -0.2) is 11.8 Å². The van der Waals surface area contributed by atoms with Gasteiger partial charge in [0.1, 0.15) is 11.6 Å². The van der Waals surface area contributed by atoms with Crippen LogP contribution >= 0.6 is 0 Å². The highest BCUT2D eigenvalue weighted by Gasteiger charge is 2.20. The van der Waals surface area contributed by atoms with Crippen LogP contribution in [0, 0.1) is 18.6 Å². The molecule has 0 aromatic heterocycles. The summed E-state index contributed by atoms with van der Waals surface area (Å²) in [6.45, 7) is 3.44. The highest BCUT2D eigenvalue weighted by atomic mass is 19.1. The molecule has 1 unspecified atom stereocenters. The van der Waals surface area contributed by atoms with Crippen molar-refractivity contribution in [1.29, 1.82) is 0 Å². The van der Waals surface area contributed by atoms with E-state index in [1.165, 1.54) is 13.0 Å². The summed E-state index contributed by atoms with van der Waals surface area (Å²) >= 11 is 0. The highest BCUT2D eigenvalue weighted by molar-refractivity contribution is 5.97. The third-order valence-corrected chi connectivity index (χ3v) is 2.67. The number of hydrogen-bond donors (Lipinski definition) is 1. The summed E-state index contributed by atoms with van der Waals surface area (Å²) in [7, 11) is 0. The summed E-state index contributed by atoms with van der Waals surface area (Å²) in [5, 5.41) is 0. The summed E-state index contributed by atoms with van der Waals surface area (Å²) in [6.07, 6.45) is 1.49. The molecule has 0 saturated heterocycles. The van der Waals surface area contributed by atoms with Gasteiger partial charge in [-0.3, -0.25) is 4.79 Å². The maximum Gasteiger partial charge on any atom is 0.170 e. The molecule has 0 aliphatic carbocycles. The maximum atomic E-state index is 13.6. The summed E-state index contributed by atoms with van der Waals surface area (Å²) in [6, 6.07) is 2.08. The standard InChI is InChI=1S/C13H17F2NO/c1-3-4-9(16)7-11(17)12-10(14)6-5-8(2)13(12)15/h5-6,9H,3-4,7,16H2,1-2H3. The Bertz CT molecular complexity index is 418. The van der Waals surface area contributed by atoms with E-state index in [2.05, 4.69) is 0 Å². The van der Waals surface area contributed by atoms with Crippen molar-refractivity contribution in [1.82, 2.24) is 0 Å². The van der Waals surface area contributed by atoms with Crippen molar-refractivity contribution in [2.24, 2.45) is 5.73 Å². The van der Waals surface area contributed by atoms with E-state index in [9.17, 15) is 13.6 Å². The Hall–Kier alpha value is -1.29. The molecule has 94 valence electrons. The second kappa shape index (κ2) is 5.87. The zero-order chi connectivity index (χ0) is 13.0. The molecule has 2 nitrogen and oxygen atoms in total. The van der Waals surface area contributed by atoms with Gasteiger partial charge in [-0.25, -0.2) is 8.78 Å². The van der Waals surface area contributed by atoms with Crippen molar-refractivity contribution in [3.8, 4) is 0 Å². The van der Waals surface area contributed by atoms with E-state index < -0.39 is 23.0 Å². The highest BCUT2D eigenvalue weighted by Crippen LogP contribution is 2.19. The van der Waals surface area contributed by atoms with Crippen molar-refractivity contribution in [2.45, 2.75) is 39.2 Å². The molecule has 1 aromatic rings. The number of halogens is 2. The van der Waals surface area contributed by atoms with Crippen molar-refractivity contribution in [3.05, 3.63) is 34.9 Å². The van der Waals surface area contributed by atoms with Gasteiger partial charge in [0.05, 0.1) is 5.56 Å². The number of aryl methyl sites for hydroxylation is 1. The van der Waals surface area contributed by atoms with Crippen LogP contribution in [0.2, 0.25) is 0 Å². The van der Waals surface area contributed by atoms with Crippen molar-refractivity contribution >= 4 is 5.78 Å². The van der Waals surface area contributed by atoms with Crippen molar-refractivity contribution < 1.29 is 13.6 Å². The van der Waals surface area contributed by atoms with Gasteiger partial charge in [-0.2, -0.15) is 0 Å². The van der Waals surface area contributed by atoms with E-state index >= 15 is 0 Å². The number of carbonyl (C=O) groups is 1. The molecule has 0 aliphatic rings. The van der Waals surface area contributed by atoms with Gasteiger partial charge < -0.3 is 5.73 Å². The number of rotatable bonds is 5. The minimum atomic E-state index is -0.818. The first kappa shape index (κ1) is 13.8. The van der Waals surface area contributed by atoms with Gasteiger partial charge in [0.15, 0.2) is 5.78 Å². The van der Waals surface area contributed by atoms with Crippen molar-refractivity contribution in [2.75, 3.05) is 0 Å². The van der Waals surface area contributed by atoms with Gasteiger partial charge in [0.25, 0.3) is 0 Å². The Kier molecular flexibility index (Phi) is 4.75. The molecule has 4 heteroatoms. The average molecular weight is 241 g/mol. The summed E-state index contributed by atoms with van der Waals surface area (Å²) in [4.78, 5) is 11.8. The third kappa shape index (κ3) is 3.33.